The van der Waals surface area contributed by atoms with E-state index in [0.29, 0.717) is 18.0 Å². The summed E-state index contributed by atoms with van der Waals surface area (Å²) in [7, 11) is 0. The molecule has 0 spiro atoms. The Morgan fingerprint density at radius 1 is 1.29 bits per heavy atom. The van der Waals surface area contributed by atoms with Crippen LogP contribution in [0.4, 0.5) is 5.69 Å². The standard InChI is InChI=1S/C19H27N3O.HI/c1-19(2)16(14-10-11-23-17(14)19)22-18(20)21-15-9-5-7-12-6-3-4-8-13(12)15;/h5,7,9,14,16-17H,3-4,6,8,10-11H2,1-2H3,(H3,20,21,22);1H. The fourth-order valence-corrected chi connectivity index (χ4v) is 4.78. The Morgan fingerprint density at radius 3 is 2.92 bits per heavy atom. The van der Waals surface area contributed by atoms with Gasteiger partial charge in [0.25, 0.3) is 0 Å². The minimum atomic E-state index is 0. The van der Waals surface area contributed by atoms with Crippen molar-refractivity contribution in [3.63, 3.8) is 0 Å². The van der Waals surface area contributed by atoms with E-state index in [1.165, 1.54) is 30.4 Å². The fourth-order valence-electron chi connectivity index (χ4n) is 4.78. The van der Waals surface area contributed by atoms with Crippen molar-refractivity contribution in [2.75, 3.05) is 11.9 Å². The predicted molar refractivity (Wildman–Crippen MR) is 109 cm³/mol. The van der Waals surface area contributed by atoms with Gasteiger partial charge >= 0.3 is 0 Å². The zero-order valence-corrected chi connectivity index (χ0v) is 16.9. The van der Waals surface area contributed by atoms with Gasteiger partial charge in [-0.15, -0.1) is 24.0 Å². The summed E-state index contributed by atoms with van der Waals surface area (Å²) in [4.78, 5) is 4.83. The maximum atomic E-state index is 6.25. The fraction of sp³-hybridized carbons (Fsp3) is 0.632. The van der Waals surface area contributed by atoms with Crippen LogP contribution in [0.25, 0.3) is 0 Å². The van der Waals surface area contributed by atoms with Crippen molar-refractivity contribution < 1.29 is 4.74 Å². The highest BCUT2D eigenvalue weighted by Crippen LogP contribution is 2.53. The largest absolute Gasteiger partial charge is 0.377 e. The van der Waals surface area contributed by atoms with E-state index >= 15 is 0 Å². The summed E-state index contributed by atoms with van der Waals surface area (Å²) >= 11 is 0. The number of hydrogen-bond acceptors (Lipinski definition) is 2. The molecule has 0 amide bonds. The van der Waals surface area contributed by atoms with Crippen molar-refractivity contribution in [3.8, 4) is 0 Å². The van der Waals surface area contributed by atoms with Crippen LogP contribution in [0, 0.1) is 11.3 Å². The number of nitrogens with two attached hydrogens (primary N) is 1. The van der Waals surface area contributed by atoms with Crippen molar-refractivity contribution in [2.24, 2.45) is 22.1 Å². The molecular formula is C19H28IN3O. The van der Waals surface area contributed by atoms with Gasteiger partial charge in [-0.3, -0.25) is 0 Å². The van der Waals surface area contributed by atoms with Gasteiger partial charge in [-0.2, -0.15) is 0 Å². The minimum Gasteiger partial charge on any atom is -0.377 e. The quantitative estimate of drug-likeness (QED) is 0.418. The van der Waals surface area contributed by atoms with Crippen LogP contribution in [0.1, 0.15) is 44.2 Å². The molecule has 2 aliphatic carbocycles. The number of aliphatic imine (C=N–C) groups is 1. The molecule has 1 heterocycles. The number of aryl methyl sites for hydroxylation is 1. The van der Waals surface area contributed by atoms with Crippen LogP contribution in [0.15, 0.2) is 23.2 Å². The van der Waals surface area contributed by atoms with Crippen LogP contribution in [0.5, 0.6) is 0 Å². The molecule has 3 N–H and O–H groups in total. The maximum Gasteiger partial charge on any atom is 0.193 e. The zero-order valence-electron chi connectivity index (χ0n) is 14.5. The molecule has 4 rings (SSSR count). The van der Waals surface area contributed by atoms with Gasteiger partial charge in [0.1, 0.15) is 0 Å². The van der Waals surface area contributed by atoms with Crippen molar-refractivity contribution in [2.45, 2.75) is 58.1 Å². The number of ether oxygens (including phenoxy) is 1. The molecule has 24 heavy (non-hydrogen) atoms. The van der Waals surface area contributed by atoms with Gasteiger partial charge in [-0.05, 0) is 49.3 Å². The van der Waals surface area contributed by atoms with Gasteiger partial charge in [0.05, 0.1) is 12.1 Å². The molecule has 3 unspecified atom stereocenters. The van der Waals surface area contributed by atoms with E-state index in [0.717, 1.165) is 25.1 Å². The second kappa shape index (κ2) is 6.83. The molecule has 0 radical (unpaired) electrons. The molecule has 2 fully saturated rings. The average Bonchev–Trinajstić information content (AvgIpc) is 3.00. The number of benzene rings is 1. The summed E-state index contributed by atoms with van der Waals surface area (Å²) in [5.74, 6) is 1.09. The lowest BCUT2D eigenvalue weighted by Gasteiger charge is -2.52. The van der Waals surface area contributed by atoms with Crippen LogP contribution < -0.4 is 11.1 Å². The van der Waals surface area contributed by atoms with Crippen molar-refractivity contribution in [3.05, 3.63) is 29.3 Å². The van der Waals surface area contributed by atoms with Gasteiger partial charge in [0.2, 0.25) is 0 Å². The molecule has 1 saturated carbocycles. The summed E-state index contributed by atoms with van der Waals surface area (Å²) < 4.78 is 5.84. The first kappa shape index (κ1) is 18.0. The number of nitrogens with one attached hydrogen (secondary N) is 1. The number of anilines is 1. The number of nitrogens with zero attached hydrogens (tertiary/aromatic N) is 1. The molecule has 1 saturated heterocycles. The van der Waals surface area contributed by atoms with Crippen molar-refractivity contribution in [1.82, 2.24) is 0 Å². The normalized spacial score (nSPS) is 30.6. The molecule has 1 aromatic rings. The number of halogens is 1. The molecule has 1 aromatic carbocycles. The highest BCUT2D eigenvalue weighted by molar-refractivity contribution is 14.0. The van der Waals surface area contributed by atoms with Gasteiger partial charge in [0, 0.05) is 23.6 Å². The monoisotopic (exact) mass is 441 g/mol. The molecule has 3 atom stereocenters. The minimum absolute atomic E-state index is 0. The van der Waals surface area contributed by atoms with Gasteiger partial charge in [-0.25, -0.2) is 4.99 Å². The lowest BCUT2D eigenvalue weighted by molar-refractivity contribution is -0.0985. The van der Waals surface area contributed by atoms with Crippen LogP contribution in [-0.4, -0.2) is 24.7 Å². The smallest absolute Gasteiger partial charge is 0.193 e. The van der Waals surface area contributed by atoms with Crippen LogP contribution in [-0.2, 0) is 17.6 Å². The SMILES string of the molecule is CC1(C)C(N=C(N)Nc2cccc3c2CCCC3)C2CCOC21.I. The second-order valence-corrected chi connectivity index (χ2v) is 7.80. The molecule has 4 nitrogen and oxygen atoms in total. The Labute approximate surface area is 161 Å². The first-order valence-corrected chi connectivity index (χ1v) is 8.90. The number of rotatable bonds is 2. The van der Waals surface area contributed by atoms with Crippen LogP contribution in [0.3, 0.4) is 0 Å². The first-order chi connectivity index (χ1) is 11.1. The second-order valence-electron chi connectivity index (χ2n) is 7.80. The third-order valence-corrected chi connectivity index (χ3v) is 5.98. The van der Waals surface area contributed by atoms with Crippen LogP contribution >= 0.6 is 24.0 Å². The summed E-state index contributed by atoms with van der Waals surface area (Å²) in [6, 6.07) is 6.75. The van der Waals surface area contributed by atoms with E-state index in [-0.39, 0.29) is 35.4 Å². The number of guanidine groups is 1. The van der Waals surface area contributed by atoms with Gasteiger partial charge in [-0.1, -0.05) is 26.0 Å². The molecule has 1 aliphatic heterocycles. The summed E-state index contributed by atoms with van der Waals surface area (Å²) in [5, 5.41) is 3.37. The third-order valence-electron chi connectivity index (χ3n) is 5.98. The summed E-state index contributed by atoms with van der Waals surface area (Å²) in [5.41, 5.74) is 10.4. The van der Waals surface area contributed by atoms with E-state index < -0.39 is 0 Å². The Morgan fingerprint density at radius 2 is 2.08 bits per heavy atom. The molecular weight excluding hydrogens is 413 g/mol. The Kier molecular flexibility index (Phi) is 5.12. The Bertz CT molecular complexity index is 643. The van der Waals surface area contributed by atoms with E-state index in [9.17, 15) is 0 Å². The molecule has 3 aliphatic rings. The number of hydrogen-bond donors (Lipinski definition) is 2. The lowest BCUT2D eigenvalue weighted by Crippen LogP contribution is -2.59. The van der Waals surface area contributed by atoms with Crippen molar-refractivity contribution >= 4 is 35.6 Å². The van der Waals surface area contributed by atoms with Gasteiger partial charge in [0.15, 0.2) is 5.96 Å². The average molecular weight is 441 g/mol. The molecule has 0 bridgehead atoms. The first-order valence-electron chi connectivity index (χ1n) is 8.90. The highest BCUT2D eigenvalue weighted by atomic mass is 127. The zero-order chi connectivity index (χ0) is 16.0. The van der Waals surface area contributed by atoms with Crippen molar-refractivity contribution in [1.29, 1.82) is 0 Å². The summed E-state index contributed by atoms with van der Waals surface area (Å²) in [6.45, 7) is 5.35. The third kappa shape index (κ3) is 2.94. The Hall–Kier alpha value is -0.820. The lowest BCUT2D eigenvalue weighted by atomic mass is 9.57. The van der Waals surface area contributed by atoms with E-state index in [2.05, 4.69) is 37.4 Å². The number of fused-ring (bicyclic) bond motifs is 2. The molecule has 0 aromatic heterocycles. The predicted octanol–water partition coefficient (Wildman–Crippen LogP) is 3.72. The summed E-state index contributed by atoms with van der Waals surface area (Å²) in [6.07, 6.45) is 6.33. The molecule has 5 heteroatoms. The maximum absolute atomic E-state index is 6.25. The van der Waals surface area contributed by atoms with E-state index in [1.807, 2.05) is 0 Å². The van der Waals surface area contributed by atoms with Crippen LogP contribution in [0.2, 0.25) is 0 Å². The Balaban J connectivity index is 0.00000169. The van der Waals surface area contributed by atoms with E-state index in [4.69, 9.17) is 15.5 Å². The highest BCUT2D eigenvalue weighted by Gasteiger charge is 2.59. The molecule has 132 valence electrons. The van der Waals surface area contributed by atoms with Gasteiger partial charge < -0.3 is 15.8 Å². The van der Waals surface area contributed by atoms with E-state index in [1.54, 1.807) is 0 Å². The topological polar surface area (TPSA) is 59.6 Å².